The fourth-order valence-electron chi connectivity index (χ4n) is 2.52. The zero-order valence-corrected chi connectivity index (χ0v) is 10.8. The van der Waals surface area contributed by atoms with Crippen LogP contribution in [0.5, 0.6) is 0 Å². The molecule has 1 aliphatic carbocycles. The number of carbonyl (C=O) groups is 3. The van der Waals surface area contributed by atoms with Crippen LogP contribution in [0.25, 0.3) is 0 Å². The van der Waals surface area contributed by atoms with E-state index < -0.39 is 23.7 Å². The van der Waals surface area contributed by atoms with Crippen molar-refractivity contribution in [3.8, 4) is 0 Å². The second-order valence-electron chi connectivity index (χ2n) is 4.91. The van der Waals surface area contributed by atoms with E-state index in [9.17, 15) is 14.4 Å². The molecule has 0 bridgehead atoms. The van der Waals surface area contributed by atoms with Crippen LogP contribution in [0.2, 0.25) is 0 Å². The average Bonchev–Trinajstić information content (AvgIpc) is 2.88. The number of benzene rings is 1. The Morgan fingerprint density at radius 3 is 2.25 bits per heavy atom. The van der Waals surface area contributed by atoms with E-state index in [1.165, 1.54) is 12.1 Å². The Morgan fingerprint density at radius 1 is 1.10 bits per heavy atom. The van der Waals surface area contributed by atoms with Crippen LogP contribution in [-0.4, -0.2) is 22.9 Å². The highest BCUT2D eigenvalue weighted by Gasteiger charge is 2.37. The third kappa shape index (κ3) is 2.96. The molecule has 1 aromatic carbocycles. The number of hydrogen-bond donors (Lipinski definition) is 3. The van der Waals surface area contributed by atoms with E-state index >= 15 is 0 Å². The molecule has 0 aromatic heterocycles. The van der Waals surface area contributed by atoms with E-state index in [0.717, 1.165) is 6.42 Å². The van der Waals surface area contributed by atoms with Crippen molar-refractivity contribution in [2.45, 2.75) is 19.3 Å². The topological polar surface area (TPSA) is 109 Å². The Kier molecular flexibility index (Phi) is 4.02. The molecule has 2 atom stereocenters. The van der Waals surface area contributed by atoms with Crippen LogP contribution < -0.4 is 11.1 Å². The van der Waals surface area contributed by atoms with Crippen LogP contribution in [0.15, 0.2) is 24.3 Å². The van der Waals surface area contributed by atoms with E-state index in [0.29, 0.717) is 24.1 Å². The summed E-state index contributed by atoms with van der Waals surface area (Å²) in [5, 5.41) is 11.7. The third-order valence-electron chi connectivity index (χ3n) is 3.61. The number of nitrogens with one attached hydrogen (secondary N) is 1. The van der Waals surface area contributed by atoms with Gasteiger partial charge in [0.2, 0.25) is 11.8 Å². The Morgan fingerprint density at radius 2 is 1.70 bits per heavy atom. The maximum atomic E-state index is 12.1. The van der Waals surface area contributed by atoms with E-state index in [1.807, 2.05) is 0 Å². The lowest BCUT2D eigenvalue weighted by molar-refractivity contribution is -0.145. The SMILES string of the molecule is NC(=O)c1ccc(NC(=O)C2CCCC2C(=O)O)cc1. The van der Waals surface area contributed by atoms with Crippen molar-refractivity contribution in [1.29, 1.82) is 0 Å². The highest BCUT2D eigenvalue weighted by atomic mass is 16.4. The minimum atomic E-state index is -0.924. The summed E-state index contributed by atoms with van der Waals surface area (Å²) < 4.78 is 0. The van der Waals surface area contributed by atoms with Gasteiger partial charge in [0.05, 0.1) is 11.8 Å². The molecule has 0 radical (unpaired) electrons. The number of rotatable bonds is 4. The fraction of sp³-hybridized carbons (Fsp3) is 0.357. The molecule has 4 N–H and O–H groups in total. The molecular formula is C14H16N2O4. The first-order chi connectivity index (χ1) is 9.49. The molecule has 20 heavy (non-hydrogen) atoms. The van der Waals surface area contributed by atoms with E-state index in [2.05, 4.69) is 5.32 Å². The van der Waals surface area contributed by atoms with Crippen LogP contribution in [0, 0.1) is 11.8 Å². The van der Waals surface area contributed by atoms with Gasteiger partial charge in [0.1, 0.15) is 0 Å². The van der Waals surface area contributed by atoms with Crippen LogP contribution in [0.3, 0.4) is 0 Å². The van der Waals surface area contributed by atoms with E-state index in [1.54, 1.807) is 12.1 Å². The van der Waals surface area contributed by atoms with Gasteiger partial charge < -0.3 is 16.2 Å². The van der Waals surface area contributed by atoms with Gasteiger partial charge in [-0.2, -0.15) is 0 Å². The van der Waals surface area contributed by atoms with Gasteiger partial charge in [0.15, 0.2) is 0 Å². The first-order valence-corrected chi connectivity index (χ1v) is 6.42. The normalized spacial score (nSPS) is 21.4. The maximum Gasteiger partial charge on any atom is 0.307 e. The first-order valence-electron chi connectivity index (χ1n) is 6.42. The number of primary amides is 1. The number of hydrogen-bond acceptors (Lipinski definition) is 3. The molecule has 1 saturated carbocycles. The summed E-state index contributed by atoms with van der Waals surface area (Å²) in [4.78, 5) is 34.1. The number of carboxylic acids is 1. The van der Waals surface area contributed by atoms with Gasteiger partial charge in [0, 0.05) is 11.3 Å². The van der Waals surface area contributed by atoms with Gasteiger partial charge in [-0.05, 0) is 37.1 Å². The Hall–Kier alpha value is -2.37. The second-order valence-corrected chi connectivity index (χ2v) is 4.91. The molecule has 2 amide bonds. The molecule has 2 rings (SSSR count). The average molecular weight is 276 g/mol. The van der Waals surface area contributed by atoms with Crippen LogP contribution in [0.1, 0.15) is 29.6 Å². The lowest BCUT2D eigenvalue weighted by Gasteiger charge is -2.15. The monoisotopic (exact) mass is 276 g/mol. The number of aliphatic carboxylic acids is 1. The number of anilines is 1. The van der Waals surface area contributed by atoms with Gasteiger partial charge in [-0.1, -0.05) is 6.42 Å². The molecule has 0 aliphatic heterocycles. The van der Waals surface area contributed by atoms with E-state index in [-0.39, 0.29) is 5.91 Å². The largest absolute Gasteiger partial charge is 0.481 e. The predicted octanol–water partition coefficient (Wildman–Crippen LogP) is 1.22. The van der Waals surface area contributed by atoms with Crippen LogP contribution in [-0.2, 0) is 9.59 Å². The van der Waals surface area contributed by atoms with Gasteiger partial charge in [-0.3, -0.25) is 14.4 Å². The zero-order valence-electron chi connectivity index (χ0n) is 10.8. The Bertz CT molecular complexity index is 539. The first kappa shape index (κ1) is 14.0. The summed E-state index contributed by atoms with van der Waals surface area (Å²) in [6.07, 6.45) is 1.87. The quantitative estimate of drug-likeness (QED) is 0.768. The molecule has 106 valence electrons. The highest BCUT2D eigenvalue weighted by molar-refractivity contribution is 5.96. The van der Waals surface area contributed by atoms with Crippen molar-refractivity contribution in [2.24, 2.45) is 17.6 Å². The Balaban J connectivity index is 2.04. The number of carbonyl (C=O) groups excluding carboxylic acids is 2. The molecule has 1 fully saturated rings. The van der Waals surface area contributed by atoms with Crippen LogP contribution in [0.4, 0.5) is 5.69 Å². The molecular weight excluding hydrogens is 260 g/mol. The smallest absolute Gasteiger partial charge is 0.307 e. The third-order valence-corrected chi connectivity index (χ3v) is 3.61. The second kappa shape index (κ2) is 5.73. The maximum absolute atomic E-state index is 12.1. The molecule has 0 spiro atoms. The minimum absolute atomic E-state index is 0.290. The van der Waals surface area contributed by atoms with Crippen molar-refractivity contribution in [3.63, 3.8) is 0 Å². The van der Waals surface area contributed by atoms with Crippen molar-refractivity contribution >= 4 is 23.5 Å². The van der Waals surface area contributed by atoms with Crippen molar-refractivity contribution in [2.75, 3.05) is 5.32 Å². The summed E-state index contributed by atoms with van der Waals surface area (Å²) >= 11 is 0. The highest BCUT2D eigenvalue weighted by Crippen LogP contribution is 2.32. The Labute approximate surface area is 116 Å². The molecule has 6 heteroatoms. The predicted molar refractivity (Wildman–Crippen MR) is 72.1 cm³/mol. The fourth-order valence-corrected chi connectivity index (χ4v) is 2.52. The summed E-state index contributed by atoms with van der Waals surface area (Å²) in [6, 6.07) is 6.17. The van der Waals surface area contributed by atoms with Crippen molar-refractivity contribution in [3.05, 3.63) is 29.8 Å². The summed E-state index contributed by atoms with van der Waals surface area (Å²) in [5.74, 6) is -2.86. The summed E-state index contributed by atoms with van der Waals surface area (Å²) in [6.45, 7) is 0. The van der Waals surface area contributed by atoms with Gasteiger partial charge in [0.25, 0.3) is 0 Å². The van der Waals surface area contributed by atoms with Gasteiger partial charge in [-0.15, -0.1) is 0 Å². The van der Waals surface area contributed by atoms with Crippen LogP contribution >= 0.6 is 0 Å². The lowest BCUT2D eigenvalue weighted by atomic mass is 9.95. The van der Waals surface area contributed by atoms with Crippen molar-refractivity contribution < 1.29 is 19.5 Å². The molecule has 0 saturated heterocycles. The number of amides is 2. The summed E-state index contributed by atoms with van der Waals surface area (Å²) in [5.41, 5.74) is 6.00. The number of nitrogens with two attached hydrogens (primary N) is 1. The minimum Gasteiger partial charge on any atom is -0.481 e. The van der Waals surface area contributed by atoms with Crippen molar-refractivity contribution in [1.82, 2.24) is 0 Å². The zero-order chi connectivity index (χ0) is 14.7. The van der Waals surface area contributed by atoms with E-state index in [4.69, 9.17) is 10.8 Å². The van der Waals surface area contributed by atoms with Gasteiger partial charge >= 0.3 is 5.97 Å². The molecule has 0 heterocycles. The lowest BCUT2D eigenvalue weighted by Crippen LogP contribution is -2.30. The molecule has 6 nitrogen and oxygen atoms in total. The molecule has 1 aromatic rings. The number of carboxylic acid groups (broad SMARTS) is 1. The standard InChI is InChI=1S/C14H16N2O4/c15-12(17)8-4-6-9(7-5-8)16-13(18)10-2-1-3-11(10)14(19)20/h4-7,10-11H,1-3H2,(H2,15,17)(H,16,18)(H,19,20). The summed E-state index contributed by atoms with van der Waals surface area (Å²) in [7, 11) is 0. The molecule has 2 unspecified atom stereocenters. The molecule has 1 aliphatic rings. The van der Waals surface area contributed by atoms with Gasteiger partial charge in [-0.25, -0.2) is 0 Å².